The van der Waals surface area contributed by atoms with Crippen LogP contribution in [-0.2, 0) is 23.9 Å². The van der Waals surface area contributed by atoms with Gasteiger partial charge in [-0.15, -0.1) is 0 Å². The lowest BCUT2D eigenvalue weighted by molar-refractivity contribution is -0.156. The fourth-order valence-corrected chi connectivity index (χ4v) is 1.74. The van der Waals surface area contributed by atoms with Gasteiger partial charge in [-0.25, -0.2) is 0 Å². The number of esters is 2. The minimum atomic E-state index is -0.810. The Balaban J connectivity index is 2.66. The lowest BCUT2D eigenvalue weighted by atomic mass is 9.87. The molecule has 0 heterocycles. The van der Waals surface area contributed by atoms with Crippen LogP contribution in [0.5, 0.6) is 0 Å². The van der Waals surface area contributed by atoms with Crippen LogP contribution < -0.4 is 0 Å². The van der Waals surface area contributed by atoms with E-state index in [0.717, 1.165) is 0 Å². The van der Waals surface area contributed by atoms with Crippen molar-refractivity contribution in [2.75, 3.05) is 6.61 Å². The molecule has 0 aromatic heterocycles. The van der Waals surface area contributed by atoms with E-state index < -0.39 is 11.6 Å². The molecule has 0 amide bonds. The van der Waals surface area contributed by atoms with Gasteiger partial charge in [0.2, 0.25) is 0 Å². The summed E-state index contributed by atoms with van der Waals surface area (Å²) >= 11 is 0. The molecule has 1 aliphatic rings. The molecule has 5 heteroatoms. The first-order chi connectivity index (χ1) is 7.93. The van der Waals surface area contributed by atoms with Crippen molar-refractivity contribution >= 4 is 17.7 Å². The van der Waals surface area contributed by atoms with Gasteiger partial charge in [-0.05, 0) is 18.6 Å². The van der Waals surface area contributed by atoms with E-state index in [1.54, 1.807) is 6.08 Å². The molecule has 0 fully saturated rings. The van der Waals surface area contributed by atoms with Crippen LogP contribution in [0.4, 0.5) is 0 Å². The molecule has 0 N–H and O–H groups in total. The molecule has 0 saturated heterocycles. The third kappa shape index (κ3) is 4.38. The van der Waals surface area contributed by atoms with E-state index in [0.29, 0.717) is 19.3 Å². The van der Waals surface area contributed by atoms with Gasteiger partial charge in [0.25, 0.3) is 0 Å². The highest BCUT2D eigenvalue weighted by Gasteiger charge is 2.33. The Morgan fingerprint density at radius 2 is 2.06 bits per heavy atom. The molecular formula is C12H16O5. The molecule has 94 valence electrons. The Morgan fingerprint density at radius 1 is 1.35 bits per heavy atom. The van der Waals surface area contributed by atoms with Crippen molar-refractivity contribution < 1.29 is 23.9 Å². The van der Waals surface area contributed by atoms with Gasteiger partial charge in [0, 0.05) is 26.7 Å². The number of ketones is 1. The zero-order chi connectivity index (χ0) is 12.9. The zero-order valence-electron chi connectivity index (χ0n) is 10.0. The average Bonchev–Trinajstić information content (AvgIpc) is 2.21. The quantitative estimate of drug-likeness (QED) is 0.690. The second-order valence-corrected chi connectivity index (χ2v) is 4.05. The molecule has 17 heavy (non-hydrogen) atoms. The van der Waals surface area contributed by atoms with Crippen LogP contribution in [0.3, 0.4) is 0 Å². The molecule has 0 unspecified atom stereocenters. The van der Waals surface area contributed by atoms with Gasteiger partial charge in [0.05, 0.1) is 6.61 Å². The monoisotopic (exact) mass is 240 g/mol. The standard InChI is InChI=1S/C12H16O5/c1-9(13)16-8-7-12(17-10(2)14)5-3-11(15)4-6-12/h3,5H,4,6-8H2,1-2H3/t12-/m1/s1. The van der Waals surface area contributed by atoms with Crippen LogP contribution in [0, 0.1) is 0 Å². The number of allylic oxidation sites excluding steroid dienone is 1. The summed E-state index contributed by atoms with van der Waals surface area (Å²) in [5.74, 6) is -0.772. The van der Waals surface area contributed by atoms with E-state index in [4.69, 9.17) is 9.47 Å². The van der Waals surface area contributed by atoms with E-state index >= 15 is 0 Å². The Kier molecular flexibility index (Phi) is 4.43. The maximum absolute atomic E-state index is 11.1. The minimum absolute atomic E-state index is 0.0141. The van der Waals surface area contributed by atoms with Crippen molar-refractivity contribution in [1.82, 2.24) is 0 Å². The van der Waals surface area contributed by atoms with Crippen molar-refractivity contribution in [2.45, 2.75) is 38.7 Å². The molecule has 1 rings (SSSR count). The molecule has 0 aliphatic heterocycles. The predicted octanol–water partition coefficient (Wildman–Crippen LogP) is 1.16. The highest BCUT2D eigenvalue weighted by Crippen LogP contribution is 2.28. The van der Waals surface area contributed by atoms with E-state index in [9.17, 15) is 14.4 Å². The SMILES string of the molecule is CC(=O)OCC[C@@]1(OC(C)=O)C=CC(=O)CC1. The van der Waals surface area contributed by atoms with Crippen LogP contribution in [0.25, 0.3) is 0 Å². The molecule has 0 radical (unpaired) electrons. The number of hydrogen-bond donors (Lipinski definition) is 0. The maximum Gasteiger partial charge on any atom is 0.303 e. The fraction of sp³-hybridized carbons (Fsp3) is 0.583. The summed E-state index contributed by atoms with van der Waals surface area (Å²) < 4.78 is 10.1. The summed E-state index contributed by atoms with van der Waals surface area (Å²) in [6.45, 7) is 2.80. The largest absolute Gasteiger partial charge is 0.466 e. The summed E-state index contributed by atoms with van der Waals surface area (Å²) in [5.41, 5.74) is -0.810. The molecule has 1 aliphatic carbocycles. The Morgan fingerprint density at radius 3 is 2.53 bits per heavy atom. The first kappa shape index (κ1) is 13.4. The lowest BCUT2D eigenvalue weighted by Gasteiger charge is -2.31. The van der Waals surface area contributed by atoms with E-state index in [1.165, 1.54) is 19.9 Å². The molecule has 0 spiro atoms. The summed E-state index contributed by atoms with van der Waals surface area (Å²) in [4.78, 5) is 32.8. The van der Waals surface area contributed by atoms with Gasteiger partial charge in [0.15, 0.2) is 5.78 Å². The number of rotatable bonds is 4. The Labute approximate surface area is 99.8 Å². The van der Waals surface area contributed by atoms with Crippen LogP contribution >= 0.6 is 0 Å². The normalized spacial score (nSPS) is 23.3. The van der Waals surface area contributed by atoms with Gasteiger partial charge >= 0.3 is 11.9 Å². The summed E-state index contributed by atoms with van der Waals surface area (Å²) in [5, 5.41) is 0. The number of ether oxygens (including phenoxy) is 2. The number of carbonyl (C=O) groups excluding carboxylic acids is 3. The van der Waals surface area contributed by atoms with Crippen molar-refractivity contribution in [3.05, 3.63) is 12.2 Å². The van der Waals surface area contributed by atoms with Gasteiger partial charge in [-0.2, -0.15) is 0 Å². The van der Waals surface area contributed by atoms with E-state index in [-0.39, 0.29) is 18.4 Å². The Bertz CT molecular complexity index is 358. The van der Waals surface area contributed by atoms with Crippen LogP contribution in [0.1, 0.15) is 33.1 Å². The smallest absolute Gasteiger partial charge is 0.303 e. The molecule has 0 aromatic rings. The molecule has 5 nitrogen and oxygen atoms in total. The van der Waals surface area contributed by atoms with Crippen molar-refractivity contribution in [1.29, 1.82) is 0 Å². The highest BCUT2D eigenvalue weighted by molar-refractivity contribution is 5.91. The highest BCUT2D eigenvalue weighted by atomic mass is 16.6. The van der Waals surface area contributed by atoms with Gasteiger partial charge < -0.3 is 9.47 Å². The second kappa shape index (κ2) is 5.61. The molecule has 0 aromatic carbocycles. The molecule has 0 bridgehead atoms. The van der Waals surface area contributed by atoms with Gasteiger partial charge in [-0.3, -0.25) is 14.4 Å². The zero-order valence-corrected chi connectivity index (χ0v) is 10.0. The second-order valence-electron chi connectivity index (χ2n) is 4.05. The van der Waals surface area contributed by atoms with E-state index in [1.807, 2.05) is 0 Å². The van der Waals surface area contributed by atoms with Crippen molar-refractivity contribution in [3.63, 3.8) is 0 Å². The third-order valence-corrected chi connectivity index (χ3v) is 2.55. The third-order valence-electron chi connectivity index (χ3n) is 2.55. The van der Waals surface area contributed by atoms with Crippen molar-refractivity contribution in [3.8, 4) is 0 Å². The first-order valence-corrected chi connectivity index (χ1v) is 5.48. The minimum Gasteiger partial charge on any atom is -0.466 e. The number of carbonyl (C=O) groups is 3. The molecular weight excluding hydrogens is 224 g/mol. The van der Waals surface area contributed by atoms with Crippen LogP contribution in [-0.4, -0.2) is 29.9 Å². The maximum atomic E-state index is 11.1. The predicted molar refractivity (Wildman–Crippen MR) is 59.1 cm³/mol. The average molecular weight is 240 g/mol. The Hall–Kier alpha value is -1.65. The van der Waals surface area contributed by atoms with E-state index in [2.05, 4.69) is 0 Å². The molecule has 1 atom stereocenters. The fourth-order valence-electron chi connectivity index (χ4n) is 1.74. The van der Waals surface area contributed by atoms with Gasteiger partial charge in [-0.1, -0.05) is 0 Å². The lowest BCUT2D eigenvalue weighted by Crippen LogP contribution is -2.36. The summed E-state index contributed by atoms with van der Waals surface area (Å²) in [6, 6.07) is 0. The topological polar surface area (TPSA) is 69.7 Å². The summed E-state index contributed by atoms with van der Waals surface area (Å²) in [7, 11) is 0. The molecule has 0 saturated carbocycles. The first-order valence-electron chi connectivity index (χ1n) is 5.48. The summed E-state index contributed by atoms with van der Waals surface area (Å²) in [6.07, 6.45) is 4.15. The van der Waals surface area contributed by atoms with Crippen LogP contribution in [0.2, 0.25) is 0 Å². The van der Waals surface area contributed by atoms with Crippen molar-refractivity contribution in [2.24, 2.45) is 0 Å². The van der Waals surface area contributed by atoms with Crippen LogP contribution in [0.15, 0.2) is 12.2 Å². The number of hydrogen-bond acceptors (Lipinski definition) is 5. The van der Waals surface area contributed by atoms with Gasteiger partial charge in [0.1, 0.15) is 5.60 Å².